The van der Waals surface area contributed by atoms with Crippen molar-refractivity contribution in [3.8, 4) is 0 Å². The number of benzene rings is 1. The molecule has 2 saturated heterocycles. The van der Waals surface area contributed by atoms with Crippen molar-refractivity contribution in [1.82, 2.24) is 9.80 Å². The molecule has 0 atom stereocenters. The van der Waals surface area contributed by atoms with E-state index in [4.69, 9.17) is 0 Å². The first kappa shape index (κ1) is 16.5. The highest BCUT2D eigenvalue weighted by atomic mass is 16.2. The SMILES string of the molecule is Cc1cc(C)cc(CN2CCC3(CC2)CN(CC(C)C)C3=O)c1. The van der Waals surface area contributed by atoms with Crippen LogP contribution in [0.4, 0.5) is 0 Å². The number of carbonyl (C=O) groups is 1. The van der Waals surface area contributed by atoms with Crippen molar-refractivity contribution in [2.75, 3.05) is 26.2 Å². The Bertz CT molecular complexity index is 565. The lowest BCUT2D eigenvalue weighted by Gasteiger charge is -2.53. The molecule has 0 saturated carbocycles. The van der Waals surface area contributed by atoms with Gasteiger partial charge in [-0.2, -0.15) is 0 Å². The largest absolute Gasteiger partial charge is 0.341 e. The predicted molar refractivity (Wildman–Crippen MR) is 94.3 cm³/mol. The van der Waals surface area contributed by atoms with Crippen LogP contribution in [0.15, 0.2) is 18.2 Å². The molecular weight excluding hydrogens is 284 g/mol. The van der Waals surface area contributed by atoms with Gasteiger partial charge in [0.1, 0.15) is 0 Å². The first-order valence-corrected chi connectivity index (χ1v) is 8.97. The second-order valence-electron chi connectivity index (χ2n) is 8.13. The highest BCUT2D eigenvalue weighted by Gasteiger charge is 2.52. The summed E-state index contributed by atoms with van der Waals surface area (Å²) in [5, 5.41) is 0. The van der Waals surface area contributed by atoms with Crippen LogP contribution >= 0.6 is 0 Å². The number of rotatable bonds is 4. The van der Waals surface area contributed by atoms with Gasteiger partial charge >= 0.3 is 0 Å². The van der Waals surface area contributed by atoms with Crippen LogP contribution < -0.4 is 0 Å². The lowest BCUT2D eigenvalue weighted by Crippen LogP contribution is -2.65. The van der Waals surface area contributed by atoms with E-state index >= 15 is 0 Å². The van der Waals surface area contributed by atoms with Crippen LogP contribution in [0.2, 0.25) is 0 Å². The summed E-state index contributed by atoms with van der Waals surface area (Å²) >= 11 is 0. The molecule has 3 rings (SSSR count). The van der Waals surface area contributed by atoms with Gasteiger partial charge in [-0.3, -0.25) is 9.69 Å². The minimum atomic E-state index is -0.0199. The first-order valence-electron chi connectivity index (χ1n) is 8.97. The van der Waals surface area contributed by atoms with Gasteiger partial charge in [-0.1, -0.05) is 43.2 Å². The number of hydrogen-bond donors (Lipinski definition) is 0. The van der Waals surface area contributed by atoms with Crippen molar-refractivity contribution in [1.29, 1.82) is 0 Å². The number of amides is 1. The topological polar surface area (TPSA) is 23.6 Å². The van der Waals surface area contributed by atoms with Crippen molar-refractivity contribution in [2.24, 2.45) is 11.3 Å². The zero-order valence-electron chi connectivity index (χ0n) is 15.1. The van der Waals surface area contributed by atoms with Gasteiger partial charge < -0.3 is 4.90 Å². The maximum Gasteiger partial charge on any atom is 0.230 e. The molecule has 0 N–H and O–H groups in total. The maximum absolute atomic E-state index is 12.5. The minimum absolute atomic E-state index is 0.0199. The van der Waals surface area contributed by atoms with E-state index in [9.17, 15) is 4.79 Å². The third kappa shape index (κ3) is 3.45. The average Bonchev–Trinajstić information content (AvgIpc) is 2.47. The quantitative estimate of drug-likeness (QED) is 0.795. The lowest BCUT2D eigenvalue weighted by atomic mass is 9.70. The molecule has 1 spiro atoms. The molecular formula is C20H30N2O. The van der Waals surface area contributed by atoms with E-state index in [-0.39, 0.29) is 5.41 Å². The van der Waals surface area contributed by atoms with E-state index < -0.39 is 0 Å². The average molecular weight is 314 g/mol. The van der Waals surface area contributed by atoms with Crippen molar-refractivity contribution in [3.05, 3.63) is 34.9 Å². The molecule has 0 bridgehead atoms. The number of hydrogen-bond acceptors (Lipinski definition) is 2. The number of carbonyl (C=O) groups excluding carboxylic acids is 1. The van der Waals surface area contributed by atoms with Crippen molar-refractivity contribution in [3.63, 3.8) is 0 Å². The molecule has 1 amide bonds. The zero-order valence-corrected chi connectivity index (χ0v) is 15.1. The maximum atomic E-state index is 12.5. The third-order valence-corrected chi connectivity index (χ3v) is 5.32. The summed E-state index contributed by atoms with van der Waals surface area (Å²) in [5.41, 5.74) is 4.06. The van der Waals surface area contributed by atoms with E-state index in [0.29, 0.717) is 11.8 Å². The Morgan fingerprint density at radius 3 is 2.22 bits per heavy atom. The van der Waals surface area contributed by atoms with Gasteiger partial charge in [-0.25, -0.2) is 0 Å². The van der Waals surface area contributed by atoms with Gasteiger partial charge in [-0.05, 0) is 51.3 Å². The Morgan fingerprint density at radius 2 is 1.70 bits per heavy atom. The molecule has 126 valence electrons. The fourth-order valence-electron chi connectivity index (χ4n) is 4.27. The second-order valence-corrected chi connectivity index (χ2v) is 8.13. The number of aryl methyl sites for hydroxylation is 2. The number of piperidine rings is 1. The third-order valence-electron chi connectivity index (χ3n) is 5.32. The molecule has 2 aliphatic heterocycles. The fraction of sp³-hybridized carbons (Fsp3) is 0.650. The van der Waals surface area contributed by atoms with Crippen LogP contribution in [0.1, 0.15) is 43.4 Å². The summed E-state index contributed by atoms with van der Waals surface area (Å²) in [7, 11) is 0. The van der Waals surface area contributed by atoms with E-state index in [0.717, 1.165) is 45.6 Å². The van der Waals surface area contributed by atoms with Gasteiger partial charge in [0.15, 0.2) is 0 Å². The normalized spacial score (nSPS) is 21.1. The molecule has 0 aliphatic carbocycles. The highest BCUT2D eigenvalue weighted by molar-refractivity contribution is 5.89. The fourth-order valence-corrected chi connectivity index (χ4v) is 4.27. The lowest BCUT2D eigenvalue weighted by molar-refractivity contribution is -0.166. The summed E-state index contributed by atoms with van der Waals surface area (Å²) in [6, 6.07) is 6.80. The molecule has 2 aliphatic rings. The monoisotopic (exact) mass is 314 g/mol. The van der Waals surface area contributed by atoms with Gasteiger partial charge in [0.2, 0.25) is 5.91 Å². The predicted octanol–water partition coefficient (Wildman–Crippen LogP) is 3.38. The summed E-state index contributed by atoms with van der Waals surface area (Å²) in [5.74, 6) is 0.984. The van der Waals surface area contributed by atoms with Crippen molar-refractivity contribution in [2.45, 2.75) is 47.1 Å². The summed E-state index contributed by atoms with van der Waals surface area (Å²) < 4.78 is 0. The molecule has 2 heterocycles. The van der Waals surface area contributed by atoms with Crippen LogP contribution in [-0.2, 0) is 11.3 Å². The van der Waals surface area contributed by atoms with Crippen LogP contribution in [-0.4, -0.2) is 41.9 Å². The molecule has 0 unspecified atom stereocenters. The van der Waals surface area contributed by atoms with Gasteiger partial charge in [0.05, 0.1) is 5.41 Å². The summed E-state index contributed by atoms with van der Waals surface area (Å²) in [4.78, 5) is 17.1. The minimum Gasteiger partial charge on any atom is -0.341 e. The Morgan fingerprint density at radius 1 is 1.09 bits per heavy atom. The Hall–Kier alpha value is -1.35. The smallest absolute Gasteiger partial charge is 0.230 e. The van der Waals surface area contributed by atoms with Crippen LogP contribution in [0.25, 0.3) is 0 Å². The Balaban J connectivity index is 1.54. The van der Waals surface area contributed by atoms with Gasteiger partial charge in [0, 0.05) is 19.6 Å². The molecule has 3 nitrogen and oxygen atoms in total. The molecule has 2 fully saturated rings. The first-order chi connectivity index (χ1) is 10.9. The van der Waals surface area contributed by atoms with Crippen LogP contribution in [0.3, 0.4) is 0 Å². The summed E-state index contributed by atoms with van der Waals surface area (Å²) in [6.45, 7) is 13.7. The number of likely N-dealkylation sites (tertiary alicyclic amines) is 2. The molecule has 23 heavy (non-hydrogen) atoms. The standard InChI is InChI=1S/C20H30N2O/c1-15(2)12-22-14-20(19(22)23)5-7-21(8-6-20)13-18-10-16(3)9-17(4)11-18/h9-11,15H,5-8,12-14H2,1-4H3. The van der Waals surface area contributed by atoms with Crippen molar-refractivity contribution >= 4 is 5.91 Å². The Labute approximate surface area is 140 Å². The van der Waals surface area contributed by atoms with E-state index in [1.54, 1.807) is 0 Å². The van der Waals surface area contributed by atoms with Gasteiger partial charge in [-0.15, -0.1) is 0 Å². The molecule has 0 radical (unpaired) electrons. The summed E-state index contributed by atoms with van der Waals surface area (Å²) in [6.07, 6.45) is 2.07. The van der Waals surface area contributed by atoms with Crippen LogP contribution in [0, 0.1) is 25.2 Å². The molecule has 3 heteroatoms. The molecule has 1 aromatic carbocycles. The van der Waals surface area contributed by atoms with E-state index in [2.05, 4.69) is 55.7 Å². The second kappa shape index (κ2) is 6.27. The van der Waals surface area contributed by atoms with E-state index in [1.807, 2.05) is 0 Å². The van der Waals surface area contributed by atoms with Crippen LogP contribution in [0.5, 0.6) is 0 Å². The van der Waals surface area contributed by atoms with E-state index in [1.165, 1.54) is 16.7 Å². The highest BCUT2D eigenvalue weighted by Crippen LogP contribution is 2.42. The molecule has 1 aromatic rings. The van der Waals surface area contributed by atoms with Crippen molar-refractivity contribution < 1.29 is 4.79 Å². The number of nitrogens with zero attached hydrogens (tertiary/aromatic N) is 2. The zero-order chi connectivity index (χ0) is 16.6. The molecule has 0 aromatic heterocycles. The Kier molecular flexibility index (Phi) is 4.50. The number of β-lactam (4-membered cyclic amide) rings is 1. The van der Waals surface area contributed by atoms with Gasteiger partial charge in [0.25, 0.3) is 0 Å².